The molecule has 2 amide bonds. The van der Waals surface area contributed by atoms with Crippen LogP contribution in [0.3, 0.4) is 0 Å². The van der Waals surface area contributed by atoms with E-state index < -0.39 is 5.41 Å². The second-order valence-electron chi connectivity index (χ2n) is 7.04. The Bertz CT molecular complexity index is 635. The molecule has 0 spiro atoms. The largest absolute Gasteiger partial charge is 0.358 e. The van der Waals surface area contributed by atoms with Gasteiger partial charge in [-0.3, -0.25) is 14.5 Å². The fourth-order valence-electron chi connectivity index (χ4n) is 4.08. The Morgan fingerprint density at radius 3 is 2.44 bits per heavy atom. The SMILES string of the molecule is CNC(=O)CN1CCN(C(=O)C2(c3cccc(F)c3)CCCC2)CC1. The van der Waals surface area contributed by atoms with E-state index >= 15 is 0 Å². The molecule has 1 aromatic carbocycles. The third-order valence-electron chi connectivity index (χ3n) is 5.55. The van der Waals surface area contributed by atoms with E-state index in [2.05, 4.69) is 10.2 Å². The molecule has 6 heteroatoms. The first-order valence-corrected chi connectivity index (χ1v) is 9.03. The van der Waals surface area contributed by atoms with Gasteiger partial charge in [0.05, 0.1) is 12.0 Å². The maximum atomic E-state index is 13.7. The predicted molar refractivity (Wildman–Crippen MR) is 93.6 cm³/mol. The summed E-state index contributed by atoms with van der Waals surface area (Å²) in [4.78, 5) is 28.8. The van der Waals surface area contributed by atoms with Gasteiger partial charge in [-0.15, -0.1) is 0 Å². The monoisotopic (exact) mass is 347 g/mol. The highest BCUT2D eigenvalue weighted by Crippen LogP contribution is 2.43. The minimum Gasteiger partial charge on any atom is -0.358 e. The van der Waals surface area contributed by atoms with E-state index in [9.17, 15) is 14.0 Å². The van der Waals surface area contributed by atoms with Gasteiger partial charge in [-0.2, -0.15) is 0 Å². The third kappa shape index (κ3) is 3.68. The maximum absolute atomic E-state index is 13.7. The molecule has 2 aliphatic rings. The zero-order valence-electron chi connectivity index (χ0n) is 14.8. The van der Waals surface area contributed by atoms with Crippen LogP contribution in [0.15, 0.2) is 24.3 Å². The summed E-state index contributed by atoms with van der Waals surface area (Å²) in [5.74, 6) is -0.172. The average Bonchev–Trinajstić information content (AvgIpc) is 3.13. The summed E-state index contributed by atoms with van der Waals surface area (Å²) in [5, 5.41) is 2.63. The molecule has 0 unspecified atom stereocenters. The van der Waals surface area contributed by atoms with Crippen LogP contribution in [0.25, 0.3) is 0 Å². The number of nitrogens with one attached hydrogen (secondary N) is 1. The number of piperazine rings is 1. The van der Waals surface area contributed by atoms with E-state index in [1.54, 1.807) is 13.1 Å². The van der Waals surface area contributed by atoms with Crippen molar-refractivity contribution in [2.75, 3.05) is 39.8 Å². The highest BCUT2D eigenvalue weighted by molar-refractivity contribution is 5.89. The van der Waals surface area contributed by atoms with Crippen LogP contribution in [0, 0.1) is 5.82 Å². The normalized spacial score (nSPS) is 20.5. The summed E-state index contributed by atoms with van der Waals surface area (Å²) in [6.45, 7) is 2.99. The van der Waals surface area contributed by atoms with Crippen LogP contribution in [0.2, 0.25) is 0 Å². The number of carbonyl (C=O) groups excluding carboxylic acids is 2. The quantitative estimate of drug-likeness (QED) is 0.899. The smallest absolute Gasteiger partial charge is 0.233 e. The zero-order valence-corrected chi connectivity index (χ0v) is 14.8. The van der Waals surface area contributed by atoms with Crippen molar-refractivity contribution >= 4 is 11.8 Å². The van der Waals surface area contributed by atoms with E-state index in [0.717, 1.165) is 31.2 Å². The van der Waals surface area contributed by atoms with Crippen LogP contribution in [-0.2, 0) is 15.0 Å². The van der Waals surface area contributed by atoms with Crippen LogP contribution >= 0.6 is 0 Å². The van der Waals surface area contributed by atoms with Crippen LogP contribution in [0.1, 0.15) is 31.2 Å². The number of rotatable bonds is 4. The van der Waals surface area contributed by atoms with Crippen molar-refractivity contribution in [1.82, 2.24) is 15.1 Å². The number of hydrogen-bond donors (Lipinski definition) is 1. The maximum Gasteiger partial charge on any atom is 0.233 e. The first-order chi connectivity index (χ1) is 12.0. The van der Waals surface area contributed by atoms with Gasteiger partial charge in [0.25, 0.3) is 0 Å². The molecule has 1 aliphatic heterocycles. The van der Waals surface area contributed by atoms with Gasteiger partial charge in [0.15, 0.2) is 0 Å². The molecule has 0 atom stereocenters. The van der Waals surface area contributed by atoms with Crippen molar-refractivity contribution < 1.29 is 14.0 Å². The van der Waals surface area contributed by atoms with Gasteiger partial charge in [0.2, 0.25) is 11.8 Å². The van der Waals surface area contributed by atoms with Crippen LogP contribution in [0.4, 0.5) is 4.39 Å². The number of hydrogen-bond acceptors (Lipinski definition) is 3. The van der Waals surface area contributed by atoms with Crippen molar-refractivity contribution in [3.05, 3.63) is 35.6 Å². The minimum atomic E-state index is -0.578. The molecule has 1 saturated heterocycles. The second kappa shape index (κ2) is 7.52. The molecule has 5 nitrogen and oxygen atoms in total. The fraction of sp³-hybridized carbons (Fsp3) is 0.579. The number of amides is 2. The summed E-state index contributed by atoms with van der Waals surface area (Å²) >= 11 is 0. The molecule has 0 aromatic heterocycles. The molecule has 3 rings (SSSR count). The number of likely N-dealkylation sites (N-methyl/N-ethyl adjacent to an activating group) is 1. The molecular weight excluding hydrogens is 321 g/mol. The summed E-state index contributed by atoms with van der Waals surface area (Å²) in [5.41, 5.74) is 0.230. The van der Waals surface area contributed by atoms with Gasteiger partial charge >= 0.3 is 0 Å². The summed E-state index contributed by atoms with van der Waals surface area (Å²) in [6.07, 6.45) is 3.57. The van der Waals surface area contributed by atoms with E-state index in [0.29, 0.717) is 32.7 Å². The van der Waals surface area contributed by atoms with Crippen molar-refractivity contribution in [2.24, 2.45) is 0 Å². The third-order valence-corrected chi connectivity index (χ3v) is 5.55. The van der Waals surface area contributed by atoms with Gasteiger partial charge in [-0.25, -0.2) is 4.39 Å². The van der Waals surface area contributed by atoms with Crippen LogP contribution in [-0.4, -0.2) is 61.4 Å². The summed E-state index contributed by atoms with van der Waals surface area (Å²) in [7, 11) is 1.63. The first kappa shape index (κ1) is 17.9. The highest BCUT2D eigenvalue weighted by Gasteiger charge is 2.45. The van der Waals surface area contributed by atoms with Crippen molar-refractivity contribution in [1.29, 1.82) is 0 Å². The van der Waals surface area contributed by atoms with E-state index in [4.69, 9.17) is 0 Å². The lowest BCUT2D eigenvalue weighted by Gasteiger charge is -2.40. The van der Waals surface area contributed by atoms with Crippen molar-refractivity contribution in [3.8, 4) is 0 Å². The molecule has 1 heterocycles. The molecule has 25 heavy (non-hydrogen) atoms. The van der Waals surface area contributed by atoms with Gasteiger partial charge in [0.1, 0.15) is 5.82 Å². The Morgan fingerprint density at radius 1 is 1.16 bits per heavy atom. The van der Waals surface area contributed by atoms with Crippen molar-refractivity contribution in [3.63, 3.8) is 0 Å². The topological polar surface area (TPSA) is 52.7 Å². The standard InChI is InChI=1S/C19H26FN3O2/c1-21-17(24)14-22-9-11-23(12-10-22)18(25)19(7-2-3-8-19)15-5-4-6-16(20)13-15/h4-6,13H,2-3,7-12,14H2,1H3,(H,21,24). The number of halogens is 1. The van der Waals surface area contributed by atoms with Gasteiger partial charge in [-0.05, 0) is 30.5 Å². The molecular formula is C19H26FN3O2. The molecule has 2 fully saturated rings. The Hall–Kier alpha value is -1.95. The molecule has 0 bridgehead atoms. The lowest BCUT2D eigenvalue weighted by Crippen LogP contribution is -2.55. The number of benzene rings is 1. The lowest BCUT2D eigenvalue weighted by atomic mass is 9.77. The minimum absolute atomic E-state index is 0.00759. The molecule has 1 saturated carbocycles. The predicted octanol–water partition coefficient (Wildman–Crippen LogP) is 1.53. The Labute approximate surface area is 148 Å². The average molecular weight is 347 g/mol. The van der Waals surface area contributed by atoms with Gasteiger partial charge < -0.3 is 10.2 Å². The van der Waals surface area contributed by atoms with E-state index in [1.165, 1.54) is 12.1 Å². The Kier molecular flexibility index (Phi) is 5.37. The van der Waals surface area contributed by atoms with Gasteiger partial charge in [0, 0.05) is 33.2 Å². The van der Waals surface area contributed by atoms with E-state index in [1.807, 2.05) is 11.0 Å². The fourth-order valence-corrected chi connectivity index (χ4v) is 4.08. The highest BCUT2D eigenvalue weighted by atomic mass is 19.1. The zero-order chi connectivity index (χ0) is 17.9. The van der Waals surface area contributed by atoms with E-state index in [-0.39, 0.29) is 17.6 Å². The Morgan fingerprint density at radius 2 is 1.84 bits per heavy atom. The molecule has 136 valence electrons. The van der Waals surface area contributed by atoms with Crippen LogP contribution in [0.5, 0.6) is 0 Å². The number of carbonyl (C=O) groups is 2. The summed E-state index contributed by atoms with van der Waals surface area (Å²) < 4.78 is 13.7. The lowest BCUT2D eigenvalue weighted by molar-refractivity contribution is -0.139. The van der Waals surface area contributed by atoms with Crippen LogP contribution < -0.4 is 5.32 Å². The second-order valence-corrected chi connectivity index (χ2v) is 7.04. The summed E-state index contributed by atoms with van der Waals surface area (Å²) in [6, 6.07) is 6.52. The molecule has 0 radical (unpaired) electrons. The molecule has 1 N–H and O–H groups in total. The van der Waals surface area contributed by atoms with Crippen molar-refractivity contribution in [2.45, 2.75) is 31.1 Å². The molecule has 1 aliphatic carbocycles. The molecule has 1 aromatic rings. The first-order valence-electron chi connectivity index (χ1n) is 9.03. The van der Waals surface area contributed by atoms with Gasteiger partial charge in [-0.1, -0.05) is 25.0 Å². The Balaban J connectivity index is 1.71. The number of nitrogens with zero attached hydrogens (tertiary/aromatic N) is 2.